The van der Waals surface area contributed by atoms with Gasteiger partial charge in [0.25, 0.3) is 0 Å². The van der Waals surface area contributed by atoms with Crippen molar-refractivity contribution in [2.24, 2.45) is 0 Å². The quantitative estimate of drug-likeness (QED) is 0.324. The van der Waals surface area contributed by atoms with Crippen LogP contribution in [0.25, 0.3) is 0 Å². The third-order valence-corrected chi connectivity index (χ3v) is 6.40. The van der Waals surface area contributed by atoms with Gasteiger partial charge in [0, 0.05) is 18.1 Å². The smallest absolute Gasteiger partial charge is 0.408 e. The Morgan fingerprint density at radius 2 is 1.67 bits per heavy atom. The zero-order chi connectivity index (χ0) is 22.6. The second-order valence-corrected chi connectivity index (χ2v) is 10.7. The van der Waals surface area contributed by atoms with Gasteiger partial charge in [-0.3, -0.25) is 9.59 Å². The normalized spacial score (nSPS) is 13.2. The maximum atomic E-state index is 12.9. The fourth-order valence-corrected chi connectivity index (χ4v) is 4.33. The number of hydrogen-bond donors (Lipinski definition) is 3. The van der Waals surface area contributed by atoms with Crippen molar-refractivity contribution in [3.05, 3.63) is 35.9 Å². The van der Waals surface area contributed by atoms with Crippen LogP contribution in [0, 0.1) is 0 Å². The van der Waals surface area contributed by atoms with Crippen molar-refractivity contribution < 1.29 is 24.2 Å². The molecule has 0 saturated carbocycles. The average Bonchev–Trinajstić information content (AvgIpc) is 2.64. The molecule has 0 aliphatic rings. The van der Waals surface area contributed by atoms with Gasteiger partial charge in [-0.15, -0.1) is 0 Å². The fourth-order valence-electron chi connectivity index (χ4n) is 2.45. The van der Waals surface area contributed by atoms with Crippen LogP contribution in [-0.4, -0.2) is 52.3 Å². The van der Waals surface area contributed by atoms with Crippen molar-refractivity contribution in [2.45, 2.75) is 58.1 Å². The van der Waals surface area contributed by atoms with E-state index >= 15 is 0 Å². The minimum atomic E-state index is -1.13. The highest BCUT2D eigenvalue weighted by atomic mass is 33.1. The monoisotopic (exact) mass is 456 g/mol. The molecule has 1 unspecified atom stereocenters. The van der Waals surface area contributed by atoms with Crippen LogP contribution in [0.4, 0.5) is 4.79 Å². The molecule has 0 radical (unpaired) electrons. The summed E-state index contributed by atoms with van der Waals surface area (Å²) >= 11 is 0. The summed E-state index contributed by atoms with van der Waals surface area (Å²) in [5, 5.41) is 14.2. The summed E-state index contributed by atoms with van der Waals surface area (Å²) in [5.74, 6) is 0.0550. The number of carboxylic acid groups (broad SMARTS) is 1. The van der Waals surface area contributed by atoms with Gasteiger partial charge in [0.1, 0.15) is 11.1 Å². The number of carboxylic acids is 1. The Hall–Kier alpha value is -1.87. The molecule has 0 aromatic heterocycles. The Kier molecular flexibility index (Phi) is 11.1. The highest BCUT2D eigenvalue weighted by Gasteiger charge is 2.36. The molecule has 1 rings (SSSR count). The molecule has 2 amide bonds. The topological polar surface area (TPSA) is 105 Å². The standard InChI is InChI=1S/C21H32N2O5S2/c1-20(2,3)28-19(27)23-21(4,12-10-16-8-6-5-7-9-16)18(26)22-13-15-30-29-14-11-17(24)25/h5-9H,10-15H2,1-4H3,(H,22,26)(H,23,27)(H,24,25). The number of amides is 2. The van der Waals surface area contributed by atoms with Crippen LogP contribution in [0.15, 0.2) is 30.3 Å². The molecule has 0 fully saturated rings. The van der Waals surface area contributed by atoms with Crippen LogP contribution in [0.5, 0.6) is 0 Å². The van der Waals surface area contributed by atoms with Crippen molar-refractivity contribution in [3.63, 3.8) is 0 Å². The molecule has 168 valence electrons. The number of aliphatic carboxylic acids is 1. The van der Waals surface area contributed by atoms with Crippen molar-refractivity contribution in [1.82, 2.24) is 10.6 Å². The molecule has 30 heavy (non-hydrogen) atoms. The summed E-state index contributed by atoms with van der Waals surface area (Å²) in [4.78, 5) is 35.7. The number of nitrogens with one attached hydrogen (secondary N) is 2. The Morgan fingerprint density at radius 1 is 1.03 bits per heavy atom. The Morgan fingerprint density at radius 3 is 2.27 bits per heavy atom. The minimum Gasteiger partial charge on any atom is -0.481 e. The lowest BCUT2D eigenvalue weighted by Gasteiger charge is -2.31. The highest BCUT2D eigenvalue weighted by molar-refractivity contribution is 8.76. The van der Waals surface area contributed by atoms with E-state index in [4.69, 9.17) is 9.84 Å². The molecule has 0 saturated heterocycles. The molecule has 7 nitrogen and oxygen atoms in total. The number of alkyl carbamates (subject to hydrolysis) is 1. The van der Waals surface area contributed by atoms with Gasteiger partial charge >= 0.3 is 12.1 Å². The summed E-state index contributed by atoms with van der Waals surface area (Å²) in [6.07, 6.45) is 0.524. The van der Waals surface area contributed by atoms with E-state index in [-0.39, 0.29) is 12.3 Å². The van der Waals surface area contributed by atoms with E-state index < -0.39 is 23.2 Å². The van der Waals surface area contributed by atoms with E-state index in [1.807, 2.05) is 30.3 Å². The maximum absolute atomic E-state index is 12.9. The third-order valence-electron chi connectivity index (χ3n) is 3.99. The SMILES string of the molecule is CC(C)(C)OC(=O)NC(C)(CCc1ccccc1)C(=O)NCCSSCCC(=O)O. The molecule has 0 spiro atoms. The minimum absolute atomic E-state index is 0.112. The van der Waals surface area contributed by atoms with Gasteiger partial charge in [-0.2, -0.15) is 0 Å². The van der Waals surface area contributed by atoms with Crippen LogP contribution in [0.2, 0.25) is 0 Å². The third kappa shape index (κ3) is 11.3. The fraction of sp³-hybridized carbons (Fsp3) is 0.571. The largest absolute Gasteiger partial charge is 0.481 e. The summed E-state index contributed by atoms with van der Waals surface area (Å²) in [6, 6.07) is 9.77. The van der Waals surface area contributed by atoms with Crippen LogP contribution in [0.3, 0.4) is 0 Å². The molecule has 1 aromatic carbocycles. The predicted octanol–water partition coefficient (Wildman–Crippen LogP) is 3.87. The zero-order valence-electron chi connectivity index (χ0n) is 18.0. The lowest BCUT2D eigenvalue weighted by molar-refractivity contribution is -0.136. The van der Waals surface area contributed by atoms with Crippen molar-refractivity contribution in [2.75, 3.05) is 18.1 Å². The summed E-state index contributed by atoms with van der Waals surface area (Å²) in [7, 11) is 2.97. The molecular formula is C21H32N2O5S2. The van der Waals surface area contributed by atoms with Crippen molar-refractivity contribution in [3.8, 4) is 0 Å². The van der Waals surface area contributed by atoms with Gasteiger partial charge in [0.05, 0.1) is 6.42 Å². The van der Waals surface area contributed by atoms with E-state index in [9.17, 15) is 14.4 Å². The van der Waals surface area contributed by atoms with Crippen LogP contribution in [0.1, 0.15) is 46.1 Å². The van der Waals surface area contributed by atoms with E-state index in [0.29, 0.717) is 30.9 Å². The number of aryl methyl sites for hydroxylation is 1. The first kappa shape index (κ1) is 26.2. The molecule has 0 aliphatic heterocycles. The van der Waals surface area contributed by atoms with Crippen molar-refractivity contribution >= 4 is 39.6 Å². The first-order valence-corrected chi connectivity index (χ1v) is 12.3. The number of hydrogen-bond acceptors (Lipinski definition) is 6. The van der Waals surface area contributed by atoms with Crippen LogP contribution < -0.4 is 10.6 Å². The van der Waals surface area contributed by atoms with Gasteiger partial charge in [-0.25, -0.2) is 4.79 Å². The first-order chi connectivity index (χ1) is 14.0. The number of benzene rings is 1. The first-order valence-electron chi connectivity index (χ1n) is 9.81. The second-order valence-electron chi connectivity index (χ2n) is 7.99. The number of carbonyl (C=O) groups is 3. The molecule has 0 aliphatic carbocycles. The van der Waals surface area contributed by atoms with E-state index in [1.54, 1.807) is 27.7 Å². The average molecular weight is 457 g/mol. The molecule has 9 heteroatoms. The Bertz CT molecular complexity index is 694. The molecule has 3 N–H and O–H groups in total. The molecular weight excluding hydrogens is 424 g/mol. The van der Waals surface area contributed by atoms with E-state index in [2.05, 4.69) is 10.6 Å². The summed E-state index contributed by atoms with van der Waals surface area (Å²) in [5.41, 5.74) is -0.711. The summed E-state index contributed by atoms with van der Waals surface area (Å²) < 4.78 is 5.34. The van der Waals surface area contributed by atoms with Gasteiger partial charge in [-0.05, 0) is 46.1 Å². The highest BCUT2D eigenvalue weighted by Crippen LogP contribution is 2.21. The lowest BCUT2D eigenvalue weighted by atomic mass is 9.92. The number of carbonyl (C=O) groups excluding carboxylic acids is 2. The molecule has 1 atom stereocenters. The summed E-state index contributed by atoms with van der Waals surface area (Å²) in [6.45, 7) is 7.43. The molecule has 0 bridgehead atoms. The Labute approximate surface area is 186 Å². The number of rotatable bonds is 12. The predicted molar refractivity (Wildman–Crippen MR) is 123 cm³/mol. The van der Waals surface area contributed by atoms with Gasteiger partial charge in [0.2, 0.25) is 5.91 Å². The van der Waals surface area contributed by atoms with Crippen molar-refractivity contribution in [1.29, 1.82) is 0 Å². The second kappa shape index (κ2) is 12.7. The molecule has 0 heterocycles. The van der Waals surface area contributed by atoms with Gasteiger partial charge in [-0.1, -0.05) is 51.9 Å². The maximum Gasteiger partial charge on any atom is 0.408 e. The van der Waals surface area contributed by atoms with Gasteiger partial charge < -0.3 is 20.5 Å². The zero-order valence-corrected chi connectivity index (χ0v) is 19.7. The number of ether oxygens (including phenoxy) is 1. The van der Waals surface area contributed by atoms with E-state index in [0.717, 1.165) is 5.56 Å². The van der Waals surface area contributed by atoms with Gasteiger partial charge in [0.15, 0.2) is 0 Å². The van der Waals surface area contributed by atoms with Crippen LogP contribution >= 0.6 is 21.6 Å². The van der Waals surface area contributed by atoms with Crippen LogP contribution in [-0.2, 0) is 20.7 Å². The molecule has 1 aromatic rings. The lowest BCUT2D eigenvalue weighted by Crippen LogP contribution is -2.58. The van der Waals surface area contributed by atoms with E-state index in [1.165, 1.54) is 21.6 Å². The Balaban J connectivity index is 2.62.